The van der Waals surface area contributed by atoms with Crippen molar-refractivity contribution in [2.24, 2.45) is 5.41 Å². The Morgan fingerprint density at radius 2 is 2.11 bits per heavy atom. The van der Waals surface area contributed by atoms with Crippen LogP contribution < -0.4 is 5.32 Å². The van der Waals surface area contributed by atoms with E-state index >= 15 is 0 Å². The minimum Gasteiger partial charge on any atom is -0.305 e. The number of fused-ring (bicyclic) bond motifs is 1. The van der Waals surface area contributed by atoms with Gasteiger partial charge in [-0.05, 0) is 56.9 Å². The van der Waals surface area contributed by atoms with Gasteiger partial charge in [0.25, 0.3) is 0 Å². The minimum atomic E-state index is 0.175. The Bertz CT molecular complexity index is 442. The van der Waals surface area contributed by atoms with Crippen LogP contribution in [0.25, 0.3) is 0 Å². The molecule has 1 aromatic rings. The minimum absolute atomic E-state index is 0.175. The summed E-state index contributed by atoms with van der Waals surface area (Å²) in [5, 5.41) is 5.24. The predicted molar refractivity (Wildman–Crippen MR) is 81.7 cm³/mol. The van der Waals surface area contributed by atoms with Gasteiger partial charge in [-0.15, -0.1) is 11.3 Å². The number of aromatic nitrogens is 1. The van der Waals surface area contributed by atoms with Crippen molar-refractivity contribution < 1.29 is 0 Å². The van der Waals surface area contributed by atoms with Gasteiger partial charge in [0.1, 0.15) is 5.01 Å². The zero-order valence-corrected chi connectivity index (χ0v) is 13.3. The van der Waals surface area contributed by atoms with Crippen LogP contribution in [0.5, 0.6) is 0 Å². The fraction of sp³-hybridized carbons (Fsp3) is 0.812. The molecule has 0 saturated heterocycles. The SMILES string of the molecule is CCCNC1(c2nc3c(s2)CCC3)CCC(C)(C)C1. The first-order chi connectivity index (χ1) is 9.05. The van der Waals surface area contributed by atoms with Crippen molar-refractivity contribution in [2.45, 2.75) is 71.3 Å². The lowest BCUT2D eigenvalue weighted by Gasteiger charge is -2.30. The van der Waals surface area contributed by atoms with Gasteiger partial charge >= 0.3 is 0 Å². The maximum Gasteiger partial charge on any atom is 0.113 e. The zero-order valence-electron chi connectivity index (χ0n) is 12.5. The largest absolute Gasteiger partial charge is 0.305 e. The molecule has 0 radical (unpaired) electrons. The summed E-state index contributed by atoms with van der Waals surface area (Å²) in [6.07, 6.45) is 8.80. The van der Waals surface area contributed by atoms with Crippen LogP contribution in [0, 0.1) is 5.41 Å². The average Bonchev–Trinajstić information content (AvgIpc) is 2.99. The summed E-state index contributed by atoms with van der Waals surface area (Å²) in [6.45, 7) is 8.18. The molecule has 0 spiro atoms. The molecule has 0 aliphatic heterocycles. The predicted octanol–water partition coefficient (Wildman–Crippen LogP) is 4.04. The van der Waals surface area contributed by atoms with Crippen LogP contribution in [-0.4, -0.2) is 11.5 Å². The van der Waals surface area contributed by atoms with E-state index in [1.807, 2.05) is 11.3 Å². The summed E-state index contributed by atoms with van der Waals surface area (Å²) in [5.41, 5.74) is 2.04. The van der Waals surface area contributed by atoms with E-state index in [4.69, 9.17) is 4.98 Å². The summed E-state index contributed by atoms with van der Waals surface area (Å²) in [5.74, 6) is 0. The van der Waals surface area contributed by atoms with Crippen LogP contribution >= 0.6 is 11.3 Å². The summed E-state index contributed by atoms with van der Waals surface area (Å²) in [7, 11) is 0. The maximum atomic E-state index is 5.02. The molecule has 1 atom stereocenters. The number of hydrogen-bond acceptors (Lipinski definition) is 3. The molecule has 1 unspecified atom stereocenters. The molecule has 1 N–H and O–H groups in total. The molecule has 1 saturated carbocycles. The van der Waals surface area contributed by atoms with Crippen LogP contribution in [-0.2, 0) is 18.4 Å². The molecule has 2 aliphatic rings. The number of rotatable bonds is 4. The van der Waals surface area contributed by atoms with E-state index in [9.17, 15) is 0 Å². The number of hydrogen-bond donors (Lipinski definition) is 1. The van der Waals surface area contributed by atoms with Crippen molar-refractivity contribution in [3.63, 3.8) is 0 Å². The molecule has 0 bridgehead atoms. The molecule has 1 heterocycles. The molecule has 0 aromatic carbocycles. The Kier molecular flexibility index (Phi) is 3.46. The van der Waals surface area contributed by atoms with E-state index in [1.54, 1.807) is 4.88 Å². The van der Waals surface area contributed by atoms with E-state index < -0.39 is 0 Å². The molecule has 1 fully saturated rings. The monoisotopic (exact) mass is 278 g/mol. The second-order valence-corrected chi connectivity index (χ2v) is 8.18. The zero-order chi connectivity index (χ0) is 13.5. The molecule has 0 amide bonds. The molecule has 3 rings (SSSR count). The highest BCUT2D eigenvalue weighted by molar-refractivity contribution is 7.12. The normalized spacial score (nSPS) is 28.8. The van der Waals surface area contributed by atoms with Gasteiger partial charge in [0.05, 0.1) is 11.2 Å². The molecule has 3 heteroatoms. The summed E-state index contributed by atoms with van der Waals surface area (Å²) < 4.78 is 0. The number of nitrogens with one attached hydrogen (secondary N) is 1. The standard InChI is InChI=1S/C16H26N2S/c1-4-10-17-16(9-8-15(2,3)11-16)14-18-12-6-5-7-13(12)19-14/h17H,4-11H2,1-3H3. The van der Waals surface area contributed by atoms with Crippen LogP contribution in [0.3, 0.4) is 0 Å². The third kappa shape index (κ3) is 2.47. The van der Waals surface area contributed by atoms with Gasteiger partial charge in [0.15, 0.2) is 0 Å². The van der Waals surface area contributed by atoms with Gasteiger partial charge in [-0.25, -0.2) is 4.98 Å². The van der Waals surface area contributed by atoms with E-state index in [0.29, 0.717) is 5.41 Å². The fourth-order valence-electron chi connectivity index (χ4n) is 3.71. The Balaban J connectivity index is 1.90. The van der Waals surface area contributed by atoms with Crippen molar-refractivity contribution >= 4 is 11.3 Å². The molecule has 2 aliphatic carbocycles. The number of aryl methyl sites for hydroxylation is 2. The molecule has 19 heavy (non-hydrogen) atoms. The Hall–Kier alpha value is -0.410. The molecular weight excluding hydrogens is 252 g/mol. The third-order valence-electron chi connectivity index (χ3n) is 4.73. The second kappa shape index (κ2) is 4.85. The lowest BCUT2D eigenvalue weighted by Crippen LogP contribution is -2.41. The van der Waals surface area contributed by atoms with Gasteiger partial charge < -0.3 is 5.32 Å². The fourth-order valence-corrected chi connectivity index (χ4v) is 5.06. The second-order valence-electron chi connectivity index (χ2n) is 7.09. The van der Waals surface area contributed by atoms with Crippen molar-refractivity contribution in [1.29, 1.82) is 0 Å². The van der Waals surface area contributed by atoms with Crippen LogP contribution in [0.2, 0.25) is 0 Å². The first-order valence-electron chi connectivity index (χ1n) is 7.79. The van der Waals surface area contributed by atoms with Crippen molar-refractivity contribution in [2.75, 3.05) is 6.54 Å². The lowest BCUT2D eigenvalue weighted by molar-refractivity contribution is 0.288. The lowest BCUT2D eigenvalue weighted by atomic mass is 9.88. The summed E-state index contributed by atoms with van der Waals surface area (Å²) in [6, 6.07) is 0. The molecule has 106 valence electrons. The molecular formula is C16H26N2S. The summed E-state index contributed by atoms with van der Waals surface area (Å²) >= 11 is 2.00. The van der Waals surface area contributed by atoms with Crippen molar-refractivity contribution in [3.05, 3.63) is 15.6 Å². The Labute approximate surface area is 121 Å². The van der Waals surface area contributed by atoms with E-state index in [-0.39, 0.29) is 5.54 Å². The van der Waals surface area contributed by atoms with E-state index in [1.165, 1.54) is 55.6 Å². The topological polar surface area (TPSA) is 24.9 Å². The van der Waals surface area contributed by atoms with Gasteiger partial charge in [-0.2, -0.15) is 0 Å². The average molecular weight is 278 g/mol. The van der Waals surface area contributed by atoms with Crippen LogP contribution in [0.1, 0.15) is 68.5 Å². The van der Waals surface area contributed by atoms with Crippen molar-refractivity contribution in [1.82, 2.24) is 10.3 Å². The Morgan fingerprint density at radius 1 is 1.26 bits per heavy atom. The van der Waals surface area contributed by atoms with E-state index in [0.717, 1.165) is 6.54 Å². The number of nitrogens with zero attached hydrogens (tertiary/aromatic N) is 1. The van der Waals surface area contributed by atoms with Gasteiger partial charge in [-0.1, -0.05) is 20.8 Å². The quantitative estimate of drug-likeness (QED) is 0.899. The maximum absolute atomic E-state index is 5.02. The van der Waals surface area contributed by atoms with Crippen LogP contribution in [0.4, 0.5) is 0 Å². The Morgan fingerprint density at radius 3 is 2.74 bits per heavy atom. The molecule has 1 aromatic heterocycles. The smallest absolute Gasteiger partial charge is 0.113 e. The van der Waals surface area contributed by atoms with Gasteiger partial charge in [0, 0.05) is 4.88 Å². The highest BCUT2D eigenvalue weighted by Crippen LogP contribution is 2.50. The van der Waals surface area contributed by atoms with Crippen LogP contribution in [0.15, 0.2) is 0 Å². The number of thiazole rings is 1. The first kappa shape index (κ1) is 13.6. The molecule has 2 nitrogen and oxygen atoms in total. The van der Waals surface area contributed by atoms with Gasteiger partial charge in [-0.3, -0.25) is 0 Å². The third-order valence-corrected chi connectivity index (χ3v) is 6.09. The highest BCUT2D eigenvalue weighted by Gasteiger charge is 2.46. The van der Waals surface area contributed by atoms with E-state index in [2.05, 4.69) is 26.1 Å². The van der Waals surface area contributed by atoms with Gasteiger partial charge in [0.2, 0.25) is 0 Å². The van der Waals surface area contributed by atoms with Crippen molar-refractivity contribution in [3.8, 4) is 0 Å². The summed E-state index contributed by atoms with van der Waals surface area (Å²) in [4.78, 5) is 6.59. The first-order valence-corrected chi connectivity index (χ1v) is 8.60. The highest BCUT2D eigenvalue weighted by atomic mass is 32.1.